The Labute approximate surface area is 142 Å². The number of aliphatic hydroxyl groups is 1. The van der Waals surface area contributed by atoms with Crippen LogP contribution >= 0.6 is 0 Å². The number of nitrogens with one attached hydrogen (secondary N) is 1. The fourth-order valence-corrected chi connectivity index (χ4v) is 2.32. The summed E-state index contributed by atoms with van der Waals surface area (Å²) in [7, 11) is 0. The Hall–Kier alpha value is -2.53. The van der Waals surface area contributed by atoms with E-state index in [-0.39, 0.29) is 12.6 Å². The third-order valence-electron chi connectivity index (χ3n) is 3.63. The quantitative estimate of drug-likeness (QED) is 0.782. The summed E-state index contributed by atoms with van der Waals surface area (Å²) in [5.74, 6) is 0.717. The Bertz CT molecular complexity index is 632. The average molecular weight is 328 g/mol. The molecule has 0 radical (unpaired) electrons. The second kappa shape index (κ2) is 9.57. The van der Waals surface area contributed by atoms with Crippen molar-refractivity contribution in [2.45, 2.75) is 13.3 Å². The molecule has 5 nitrogen and oxygen atoms in total. The van der Waals surface area contributed by atoms with Crippen LogP contribution in [0.2, 0.25) is 0 Å². The van der Waals surface area contributed by atoms with Crippen molar-refractivity contribution in [2.75, 3.05) is 31.6 Å². The Kier molecular flexibility index (Phi) is 7.11. The Morgan fingerprint density at radius 2 is 1.96 bits per heavy atom. The Morgan fingerprint density at radius 1 is 1.17 bits per heavy atom. The van der Waals surface area contributed by atoms with Crippen LogP contribution in [0.15, 0.2) is 54.6 Å². The topological polar surface area (TPSA) is 61.8 Å². The van der Waals surface area contributed by atoms with Gasteiger partial charge in [0.25, 0.3) is 0 Å². The highest BCUT2D eigenvalue weighted by molar-refractivity contribution is 5.89. The van der Waals surface area contributed by atoms with Gasteiger partial charge in [-0.1, -0.05) is 36.4 Å². The molecular weight excluding hydrogens is 304 g/mol. The second-order valence-electron chi connectivity index (χ2n) is 5.35. The summed E-state index contributed by atoms with van der Waals surface area (Å²) in [6.45, 7) is 3.25. The molecule has 0 aliphatic heterocycles. The molecule has 2 N–H and O–H groups in total. The number of likely N-dealkylation sites (N-methyl/N-ethyl adjacent to an activating group) is 1. The lowest BCUT2D eigenvalue weighted by molar-refractivity contribution is 0.192. The number of hydrogen-bond donors (Lipinski definition) is 2. The summed E-state index contributed by atoms with van der Waals surface area (Å²) in [5.41, 5.74) is 1.90. The lowest BCUT2D eigenvalue weighted by atomic mass is 10.2. The fraction of sp³-hybridized carbons (Fsp3) is 0.316. The van der Waals surface area contributed by atoms with E-state index in [1.54, 1.807) is 11.0 Å². The van der Waals surface area contributed by atoms with E-state index >= 15 is 0 Å². The van der Waals surface area contributed by atoms with Crippen LogP contribution in [0, 0.1) is 0 Å². The molecule has 0 saturated carbocycles. The third-order valence-corrected chi connectivity index (χ3v) is 3.63. The molecular formula is C19H24N2O3. The lowest BCUT2D eigenvalue weighted by Gasteiger charge is -2.20. The van der Waals surface area contributed by atoms with E-state index in [0.29, 0.717) is 31.1 Å². The van der Waals surface area contributed by atoms with Gasteiger partial charge in [0, 0.05) is 31.3 Å². The second-order valence-corrected chi connectivity index (χ2v) is 5.35. The van der Waals surface area contributed by atoms with Crippen molar-refractivity contribution < 1.29 is 14.6 Å². The lowest BCUT2D eigenvalue weighted by Crippen LogP contribution is -2.36. The number of hydrogen-bond acceptors (Lipinski definition) is 3. The number of aliphatic hydroxyl groups excluding tert-OH is 1. The largest absolute Gasteiger partial charge is 0.493 e. The summed E-state index contributed by atoms with van der Waals surface area (Å²) < 4.78 is 5.76. The predicted octanol–water partition coefficient (Wildman–Crippen LogP) is 3.15. The van der Waals surface area contributed by atoms with Crippen molar-refractivity contribution in [2.24, 2.45) is 0 Å². The number of carbonyl (C=O) groups excluding carboxylic acids is 1. The standard InChI is InChI=1S/C19H24N2O3/c1-2-21(12-13-22)19(23)20-17-9-6-10-18(15-17)24-14-11-16-7-4-3-5-8-16/h3-10,15,22H,2,11-14H2,1H3,(H,20,23). The van der Waals surface area contributed by atoms with Gasteiger partial charge in [0.15, 0.2) is 0 Å². The van der Waals surface area contributed by atoms with Gasteiger partial charge in [0.05, 0.1) is 13.2 Å². The van der Waals surface area contributed by atoms with Crippen LogP contribution in [0.4, 0.5) is 10.5 Å². The molecule has 128 valence electrons. The van der Waals surface area contributed by atoms with Crippen molar-refractivity contribution >= 4 is 11.7 Å². The van der Waals surface area contributed by atoms with Crippen molar-refractivity contribution in [3.63, 3.8) is 0 Å². The van der Waals surface area contributed by atoms with Crippen LogP contribution in [-0.2, 0) is 6.42 Å². The number of benzene rings is 2. The number of amides is 2. The van der Waals surface area contributed by atoms with E-state index in [1.165, 1.54) is 5.56 Å². The highest BCUT2D eigenvalue weighted by atomic mass is 16.5. The Morgan fingerprint density at radius 3 is 2.67 bits per heavy atom. The first-order chi connectivity index (χ1) is 11.7. The summed E-state index contributed by atoms with van der Waals surface area (Å²) in [6, 6.07) is 17.3. The molecule has 24 heavy (non-hydrogen) atoms. The summed E-state index contributed by atoms with van der Waals surface area (Å²) in [4.78, 5) is 13.7. The highest BCUT2D eigenvalue weighted by Crippen LogP contribution is 2.18. The molecule has 0 fully saturated rings. The molecule has 0 unspecified atom stereocenters. The van der Waals surface area contributed by atoms with Crippen LogP contribution in [0.25, 0.3) is 0 Å². The van der Waals surface area contributed by atoms with E-state index in [9.17, 15) is 4.79 Å². The highest BCUT2D eigenvalue weighted by Gasteiger charge is 2.11. The van der Waals surface area contributed by atoms with Gasteiger partial charge in [-0.05, 0) is 24.6 Å². The molecule has 2 aromatic rings. The van der Waals surface area contributed by atoms with Gasteiger partial charge < -0.3 is 20.1 Å². The molecule has 2 rings (SSSR count). The van der Waals surface area contributed by atoms with Crippen molar-refractivity contribution in [1.29, 1.82) is 0 Å². The minimum absolute atomic E-state index is 0.0517. The van der Waals surface area contributed by atoms with Gasteiger partial charge in [-0.2, -0.15) is 0 Å². The van der Waals surface area contributed by atoms with Crippen LogP contribution < -0.4 is 10.1 Å². The molecule has 0 spiro atoms. The first-order valence-electron chi connectivity index (χ1n) is 8.16. The number of nitrogens with zero attached hydrogens (tertiary/aromatic N) is 1. The molecule has 2 amide bonds. The molecule has 0 aromatic heterocycles. The van der Waals surface area contributed by atoms with Gasteiger partial charge >= 0.3 is 6.03 Å². The number of anilines is 1. The van der Waals surface area contributed by atoms with Crippen molar-refractivity contribution in [3.05, 3.63) is 60.2 Å². The SMILES string of the molecule is CCN(CCO)C(=O)Nc1cccc(OCCc2ccccc2)c1. The average Bonchev–Trinajstić information content (AvgIpc) is 2.61. The maximum absolute atomic E-state index is 12.1. The van der Waals surface area contributed by atoms with Gasteiger partial charge in [-0.3, -0.25) is 0 Å². The normalized spacial score (nSPS) is 10.2. The van der Waals surface area contributed by atoms with Crippen LogP contribution in [0.5, 0.6) is 5.75 Å². The molecule has 0 atom stereocenters. The van der Waals surface area contributed by atoms with Crippen molar-refractivity contribution in [1.82, 2.24) is 4.90 Å². The van der Waals surface area contributed by atoms with E-state index in [1.807, 2.05) is 43.3 Å². The molecule has 0 aliphatic carbocycles. The number of ether oxygens (including phenoxy) is 1. The minimum Gasteiger partial charge on any atom is -0.493 e. The number of urea groups is 1. The van der Waals surface area contributed by atoms with E-state index < -0.39 is 0 Å². The van der Waals surface area contributed by atoms with E-state index in [0.717, 1.165) is 6.42 Å². The van der Waals surface area contributed by atoms with Gasteiger partial charge in [-0.15, -0.1) is 0 Å². The number of carbonyl (C=O) groups is 1. The minimum atomic E-state index is -0.229. The first kappa shape index (κ1) is 17.8. The zero-order chi connectivity index (χ0) is 17.2. The summed E-state index contributed by atoms with van der Waals surface area (Å²) in [5, 5.41) is 11.8. The molecule has 2 aromatic carbocycles. The zero-order valence-corrected chi connectivity index (χ0v) is 13.9. The maximum atomic E-state index is 12.1. The van der Waals surface area contributed by atoms with Crippen molar-refractivity contribution in [3.8, 4) is 5.75 Å². The van der Waals surface area contributed by atoms with Crippen LogP contribution in [0.3, 0.4) is 0 Å². The molecule has 0 saturated heterocycles. The Balaban J connectivity index is 1.87. The van der Waals surface area contributed by atoms with E-state index in [4.69, 9.17) is 9.84 Å². The van der Waals surface area contributed by atoms with Gasteiger partial charge in [-0.25, -0.2) is 4.79 Å². The van der Waals surface area contributed by atoms with Gasteiger partial charge in [0.2, 0.25) is 0 Å². The molecule has 0 bridgehead atoms. The van der Waals surface area contributed by atoms with Crippen LogP contribution in [0.1, 0.15) is 12.5 Å². The molecule has 5 heteroatoms. The fourth-order valence-electron chi connectivity index (χ4n) is 2.32. The molecule has 0 heterocycles. The molecule has 0 aliphatic rings. The van der Waals surface area contributed by atoms with E-state index in [2.05, 4.69) is 17.4 Å². The summed E-state index contributed by atoms with van der Waals surface area (Å²) in [6.07, 6.45) is 0.831. The smallest absolute Gasteiger partial charge is 0.321 e. The first-order valence-corrected chi connectivity index (χ1v) is 8.16. The number of rotatable bonds is 8. The zero-order valence-electron chi connectivity index (χ0n) is 13.9. The third kappa shape index (κ3) is 5.59. The summed E-state index contributed by atoms with van der Waals surface area (Å²) >= 11 is 0. The van der Waals surface area contributed by atoms with Crippen LogP contribution in [-0.4, -0.2) is 42.3 Å². The van der Waals surface area contributed by atoms with Gasteiger partial charge in [0.1, 0.15) is 5.75 Å². The monoisotopic (exact) mass is 328 g/mol. The predicted molar refractivity (Wildman–Crippen MR) is 95.4 cm³/mol. The maximum Gasteiger partial charge on any atom is 0.321 e.